The highest BCUT2D eigenvalue weighted by Crippen LogP contribution is 2.18. The highest BCUT2D eigenvalue weighted by atomic mass is 31.1. The Morgan fingerprint density at radius 3 is 2.33 bits per heavy atom. The number of hydrogen-bond donors (Lipinski definition) is 0. The van der Waals surface area contributed by atoms with E-state index in [0.29, 0.717) is 8.58 Å². The molecule has 0 aromatic carbocycles. The van der Waals surface area contributed by atoms with E-state index in [1.807, 2.05) is 6.66 Å². The van der Waals surface area contributed by atoms with Crippen molar-refractivity contribution in [1.82, 2.24) is 0 Å². The van der Waals surface area contributed by atoms with Crippen LogP contribution < -0.4 is 0 Å². The Morgan fingerprint density at radius 1 is 1.83 bits per heavy atom. The number of rotatable bonds is 1. The lowest BCUT2D eigenvalue weighted by Crippen LogP contribution is -1.49. The van der Waals surface area contributed by atoms with Crippen LogP contribution in [0.2, 0.25) is 0 Å². The van der Waals surface area contributed by atoms with Gasteiger partial charge in [0.25, 0.3) is 0 Å². The van der Waals surface area contributed by atoms with E-state index < -0.39 is 0 Å². The van der Waals surface area contributed by atoms with Gasteiger partial charge in [-0.2, -0.15) is 0 Å². The van der Waals surface area contributed by atoms with Crippen molar-refractivity contribution in [3.05, 3.63) is 11.6 Å². The molecule has 0 aromatic heterocycles. The SMILES string of the molecule is C/C=C(\F)PC. The van der Waals surface area contributed by atoms with Gasteiger partial charge in [0.15, 0.2) is 0 Å². The third kappa shape index (κ3) is 2.34. The van der Waals surface area contributed by atoms with Crippen molar-refractivity contribution in [2.45, 2.75) is 6.92 Å². The summed E-state index contributed by atoms with van der Waals surface area (Å²) in [6.07, 6.45) is 1.48. The van der Waals surface area contributed by atoms with Crippen LogP contribution in [0.15, 0.2) is 11.6 Å². The smallest absolute Gasteiger partial charge is 0.114 e. The van der Waals surface area contributed by atoms with E-state index in [1.54, 1.807) is 6.92 Å². The maximum absolute atomic E-state index is 11.7. The van der Waals surface area contributed by atoms with E-state index in [-0.39, 0.29) is 5.57 Å². The van der Waals surface area contributed by atoms with Gasteiger partial charge in [-0.3, -0.25) is 0 Å². The van der Waals surface area contributed by atoms with Crippen LogP contribution in [-0.2, 0) is 0 Å². The largest absolute Gasteiger partial charge is 0.207 e. The molecule has 0 rings (SSSR count). The van der Waals surface area contributed by atoms with Gasteiger partial charge in [0.2, 0.25) is 0 Å². The summed E-state index contributed by atoms with van der Waals surface area (Å²) in [4.78, 5) is 0. The Bertz CT molecular complexity index is 58.6. The first-order chi connectivity index (χ1) is 2.81. The summed E-state index contributed by atoms with van der Waals surface area (Å²) in [6.45, 7) is 3.52. The molecule has 0 fully saturated rings. The van der Waals surface area contributed by atoms with Crippen LogP contribution in [0.5, 0.6) is 0 Å². The van der Waals surface area contributed by atoms with E-state index in [4.69, 9.17) is 0 Å². The van der Waals surface area contributed by atoms with Gasteiger partial charge in [0.05, 0.1) is 0 Å². The van der Waals surface area contributed by atoms with Crippen LogP contribution in [0.25, 0.3) is 0 Å². The summed E-state index contributed by atoms with van der Waals surface area (Å²) in [6, 6.07) is 0. The Morgan fingerprint density at radius 2 is 2.33 bits per heavy atom. The summed E-state index contributed by atoms with van der Waals surface area (Å²) in [5, 5.41) is 0. The Hall–Kier alpha value is 0.100. The molecular weight excluding hydrogens is 98.0 g/mol. The highest BCUT2D eigenvalue weighted by Gasteiger charge is 1.78. The average Bonchev–Trinajstić information content (AvgIpc) is 1.65. The fourth-order valence-corrected chi connectivity index (χ4v) is 0.433. The molecule has 0 N–H and O–H groups in total. The molecule has 0 saturated carbocycles. The lowest BCUT2D eigenvalue weighted by atomic mass is 10.8. The van der Waals surface area contributed by atoms with E-state index in [2.05, 4.69) is 0 Å². The lowest BCUT2D eigenvalue weighted by molar-refractivity contribution is 0.695. The zero-order chi connectivity index (χ0) is 4.99. The van der Waals surface area contributed by atoms with E-state index in [0.717, 1.165) is 0 Å². The summed E-state index contributed by atoms with van der Waals surface area (Å²) >= 11 is 0. The predicted molar refractivity (Wildman–Crippen MR) is 29.1 cm³/mol. The van der Waals surface area contributed by atoms with Crippen LogP contribution in [-0.4, -0.2) is 6.66 Å². The Balaban J connectivity index is 3.22. The molecule has 0 aromatic rings. The predicted octanol–water partition coefficient (Wildman–Crippen LogP) is 2.13. The second-order valence-electron chi connectivity index (χ2n) is 0.887. The highest BCUT2D eigenvalue weighted by molar-refractivity contribution is 7.41. The van der Waals surface area contributed by atoms with Gasteiger partial charge >= 0.3 is 0 Å². The maximum Gasteiger partial charge on any atom is 0.114 e. The molecule has 0 aliphatic rings. The third-order valence-electron chi connectivity index (χ3n) is 0.492. The van der Waals surface area contributed by atoms with Gasteiger partial charge < -0.3 is 0 Å². The molecule has 0 bridgehead atoms. The Kier molecular flexibility index (Phi) is 3.35. The van der Waals surface area contributed by atoms with Crippen molar-refractivity contribution in [3.8, 4) is 0 Å². The normalized spacial score (nSPS) is 14.2. The zero-order valence-electron chi connectivity index (χ0n) is 3.96. The third-order valence-corrected chi connectivity index (χ3v) is 1.26. The first-order valence-corrected chi connectivity index (χ1v) is 3.31. The summed E-state index contributed by atoms with van der Waals surface area (Å²) in [7, 11) is 0.326. The zero-order valence-corrected chi connectivity index (χ0v) is 4.96. The molecule has 0 aliphatic carbocycles. The molecule has 2 heteroatoms. The Labute approximate surface area is 39.2 Å². The van der Waals surface area contributed by atoms with Gasteiger partial charge in [-0.15, -0.1) is 0 Å². The van der Waals surface area contributed by atoms with Gasteiger partial charge in [-0.25, -0.2) is 4.39 Å². The molecule has 0 saturated heterocycles. The molecule has 1 unspecified atom stereocenters. The van der Waals surface area contributed by atoms with Crippen molar-refractivity contribution >= 4 is 8.58 Å². The van der Waals surface area contributed by atoms with Crippen LogP contribution in [0.1, 0.15) is 6.92 Å². The van der Waals surface area contributed by atoms with Crippen LogP contribution in [0, 0.1) is 0 Å². The summed E-state index contributed by atoms with van der Waals surface area (Å²) in [5.41, 5.74) is -0.00463. The number of halogens is 1. The maximum atomic E-state index is 11.7. The summed E-state index contributed by atoms with van der Waals surface area (Å²) < 4.78 is 11.7. The summed E-state index contributed by atoms with van der Waals surface area (Å²) in [5.74, 6) is 0. The van der Waals surface area contributed by atoms with Gasteiger partial charge in [0, 0.05) is 0 Å². The molecule has 1 atom stereocenters. The monoisotopic (exact) mass is 106 g/mol. The van der Waals surface area contributed by atoms with Crippen molar-refractivity contribution in [3.63, 3.8) is 0 Å². The fourth-order valence-electron chi connectivity index (χ4n) is 0.144. The van der Waals surface area contributed by atoms with Crippen molar-refractivity contribution in [1.29, 1.82) is 0 Å². The second-order valence-corrected chi connectivity index (χ2v) is 1.86. The molecule has 6 heavy (non-hydrogen) atoms. The number of hydrogen-bond acceptors (Lipinski definition) is 0. The van der Waals surface area contributed by atoms with Crippen LogP contribution in [0.4, 0.5) is 4.39 Å². The second kappa shape index (κ2) is 3.30. The van der Waals surface area contributed by atoms with E-state index >= 15 is 0 Å². The molecule has 0 aliphatic heterocycles. The van der Waals surface area contributed by atoms with Crippen molar-refractivity contribution in [2.24, 2.45) is 0 Å². The number of allylic oxidation sites excluding steroid dienone is 1. The van der Waals surface area contributed by atoms with Crippen molar-refractivity contribution in [2.75, 3.05) is 6.66 Å². The van der Waals surface area contributed by atoms with E-state index in [1.165, 1.54) is 6.08 Å². The quantitative estimate of drug-likeness (QED) is 0.449. The average molecular weight is 106 g/mol. The first-order valence-electron chi connectivity index (χ1n) is 1.81. The molecule has 0 amide bonds. The molecule has 0 radical (unpaired) electrons. The van der Waals surface area contributed by atoms with E-state index in [9.17, 15) is 4.39 Å². The molecule has 36 valence electrons. The minimum atomic E-state index is -0.00463. The topological polar surface area (TPSA) is 0 Å². The molecule has 0 heterocycles. The molecular formula is C4H8FP. The fraction of sp³-hybridized carbons (Fsp3) is 0.500. The molecule has 0 nitrogen and oxygen atoms in total. The molecule has 0 spiro atoms. The van der Waals surface area contributed by atoms with Gasteiger partial charge in [0.1, 0.15) is 5.57 Å². The van der Waals surface area contributed by atoms with Crippen LogP contribution in [0.3, 0.4) is 0 Å². The minimum absolute atomic E-state index is 0.00463. The lowest BCUT2D eigenvalue weighted by Gasteiger charge is -1.80. The van der Waals surface area contributed by atoms with Gasteiger partial charge in [-0.05, 0) is 13.6 Å². The minimum Gasteiger partial charge on any atom is -0.207 e. The van der Waals surface area contributed by atoms with Crippen molar-refractivity contribution < 1.29 is 4.39 Å². The van der Waals surface area contributed by atoms with Gasteiger partial charge in [-0.1, -0.05) is 14.7 Å². The standard InChI is InChI=1S/C4H8FP/c1-3-4(5)6-2/h3,6H,1-2H3/b4-3+. The van der Waals surface area contributed by atoms with Crippen LogP contribution >= 0.6 is 8.58 Å². The first kappa shape index (κ1) is 6.10.